The van der Waals surface area contributed by atoms with Gasteiger partial charge >= 0.3 is 5.97 Å². The molecule has 1 fully saturated rings. The molecule has 3 aromatic rings. The predicted octanol–water partition coefficient (Wildman–Crippen LogP) is 4.75. The first-order valence-electron chi connectivity index (χ1n) is 10.8. The molecule has 1 saturated heterocycles. The monoisotopic (exact) mass is 489 g/mol. The molecule has 35 heavy (non-hydrogen) atoms. The summed E-state index contributed by atoms with van der Waals surface area (Å²) >= 11 is 1.24. The van der Waals surface area contributed by atoms with Crippen LogP contribution in [0.1, 0.15) is 18.1 Å². The van der Waals surface area contributed by atoms with Gasteiger partial charge in [-0.05, 0) is 54.6 Å². The van der Waals surface area contributed by atoms with E-state index < -0.39 is 12.1 Å². The molecule has 2 aromatic carbocycles. The average Bonchev–Trinajstić information content (AvgIpc) is 3.15. The van der Waals surface area contributed by atoms with Gasteiger partial charge in [0.05, 0.1) is 24.2 Å². The minimum Gasteiger partial charge on any atom is -0.493 e. The van der Waals surface area contributed by atoms with Gasteiger partial charge in [-0.25, -0.2) is 9.79 Å². The molecule has 1 amide bonds. The molecule has 178 valence electrons. The molecule has 1 N–H and O–H groups in total. The second-order valence-electron chi connectivity index (χ2n) is 7.57. The molecule has 4 rings (SSSR count). The van der Waals surface area contributed by atoms with Crippen molar-refractivity contribution in [3.05, 3.63) is 89.1 Å². The van der Waals surface area contributed by atoms with E-state index in [0.29, 0.717) is 27.9 Å². The number of ether oxygens (including phenoxy) is 2. The Labute approximate surface area is 206 Å². The van der Waals surface area contributed by atoms with Crippen LogP contribution >= 0.6 is 11.8 Å². The number of rotatable bonds is 8. The largest absolute Gasteiger partial charge is 0.493 e. The summed E-state index contributed by atoms with van der Waals surface area (Å²) in [5.74, 6) is -0.722. The number of para-hydroxylation sites is 2. The van der Waals surface area contributed by atoms with Crippen LogP contribution in [-0.2, 0) is 16.1 Å². The molecule has 1 aliphatic heterocycles. The fraction of sp³-hybridized carbons (Fsp3) is 0.154. The van der Waals surface area contributed by atoms with Crippen LogP contribution in [0.15, 0.2) is 83.0 Å². The van der Waals surface area contributed by atoms with E-state index in [9.17, 15) is 14.7 Å². The second-order valence-corrected chi connectivity index (χ2v) is 8.58. The number of pyridine rings is 1. The summed E-state index contributed by atoms with van der Waals surface area (Å²) in [7, 11) is 1.47. The van der Waals surface area contributed by atoms with Crippen LogP contribution in [0.25, 0.3) is 6.08 Å². The van der Waals surface area contributed by atoms with Crippen molar-refractivity contribution in [2.75, 3.05) is 7.11 Å². The first-order chi connectivity index (χ1) is 17.0. The average molecular weight is 490 g/mol. The number of carboxylic acid groups (broad SMARTS) is 1. The number of carbonyl (C=O) groups is 2. The maximum atomic E-state index is 13.5. The molecule has 1 atom stereocenters. The number of aliphatic imine (C=N–C) groups is 1. The number of hydrogen-bond donors (Lipinski definition) is 1. The van der Waals surface area contributed by atoms with Crippen LogP contribution in [-0.4, -0.2) is 45.2 Å². The van der Waals surface area contributed by atoms with Crippen LogP contribution < -0.4 is 9.47 Å². The smallest absolute Gasteiger partial charge is 0.344 e. The highest BCUT2D eigenvalue weighted by Crippen LogP contribution is 2.39. The molecule has 0 bridgehead atoms. The summed E-state index contributed by atoms with van der Waals surface area (Å²) in [6.07, 6.45) is 3.95. The topological polar surface area (TPSA) is 101 Å². The van der Waals surface area contributed by atoms with Gasteiger partial charge in [-0.3, -0.25) is 14.7 Å². The molecule has 2 heterocycles. The van der Waals surface area contributed by atoms with E-state index in [2.05, 4.69) is 4.98 Å². The lowest BCUT2D eigenvalue weighted by Gasteiger charge is -2.16. The van der Waals surface area contributed by atoms with Crippen LogP contribution in [0, 0.1) is 0 Å². The Morgan fingerprint density at radius 1 is 1.17 bits per heavy atom. The Kier molecular flexibility index (Phi) is 7.47. The van der Waals surface area contributed by atoms with Crippen molar-refractivity contribution in [2.24, 2.45) is 4.99 Å². The zero-order valence-corrected chi connectivity index (χ0v) is 19.9. The quantitative estimate of drug-likeness (QED) is 0.456. The first-order valence-corrected chi connectivity index (χ1v) is 11.6. The molecule has 0 aliphatic carbocycles. The summed E-state index contributed by atoms with van der Waals surface area (Å²) in [6, 6.07) is 18.3. The first kappa shape index (κ1) is 24.0. The summed E-state index contributed by atoms with van der Waals surface area (Å²) in [5.41, 5.74) is 2.11. The van der Waals surface area contributed by atoms with Crippen molar-refractivity contribution in [1.82, 2.24) is 9.88 Å². The highest BCUT2D eigenvalue weighted by molar-refractivity contribution is 8.18. The molecule has 0 saturated carbocycles. The third-order valence-corrected chi connectivity index (χ3v) is 6.10. The maximum absolute atomic E-state index is 13.5. The van der Waals surface area contributed by atoms with E-state index in [1.54, 1.807) is 41.6 Å². The molecule has 8 nitrogen and oxygen atoms in total. The second kappa shape index (κ2) is 10.9. The molecule has 0 radical (unpaired) electrons. The zero-order valence-electron chi connectivity index (χ0n) is 19.1. The van der Waals surface area contributed by atoms with Gasteiger partial charge in [0.15, 0.2) is 22.8 Å². The zero-order chi connectivity index (χ0) is 24.8. The minimum atomic E-state index is -1.11. The van der Waals surface area contributed by atoms with Crippen LogP contribution in [0.4, 0.5) is 5.69 Å². The maximum Gasteiger partial charge on any atom is 0.344 e. The number of amidine groups is 1. The predicted molar refractivity (Wildman–Crippen MR) is 135 cm³/mol. The Morgan fingerprint density at radius 3 is 2.66 bits per heavy atom. The standard InChI is InChI=1S/C26H23N3O5S/c1-17(25(31)32)34-23-19(9-6-12-21(23)33-2)14-22-24(30)29(16-18-8-7-13-27-15-18)26(35-22)28-20-10-4-3-5-11-20/h3-15,17H,16H2,1-2H3,(H,31,32)/b22-14-,28-26?/t17-/m0/s1. The Bertz CT molecular complexity index is 1280. The number of amides is 1. The third kappa shape index (κ3) is 5.70. The van der Waals surface area contributed by atoms with Crippen LogP contribution in [0.2, 0.25) is 0 Å². The fourth-order valence-corrected chi connectivity index (χ4v) is 4.31. The molecule has 1 aliphatic rings. The van der Waals surface area contributed by atoms with Gasteiger partial charge in [0.1, 0.15) is 0 Å². The summed E-state index contributed by atoms with van der Waals surface area (Å²) in [4.78, 5) is 35.7. The molecule has 0 unspecified atom stereocenters. The highest BCUT2D eigenvalue weighted by atomic mass is 32.2. The highest BCUT2D eigenvalue weighted by Gasteiger charge is 2.34. The molecule has 0 spiro atoms. The number of hydrogen-bond acceptors (Lipinski definition) is 7. The number of aromatic nitrogens is 1. The third-order valence-electron chi connectivity index (χ3n) is 5.09. The molecule has 1 aromatic heterocycles. The van der Waals surface area contributed by atoms with Crippen molar-refractivity contribution in [2.45, 2.75) is 19.6 Å². The number of carboxylic acids is 1. The van der Waals surface area contributed by atoms with Gasteiger partial charge in [-0.2, -0.15) is 0 Å². The van der Waals surface area contributed by atoms with Gasteiger partial charge in [-0.1, -0.05) is 36.4 Å². The van der Waals surface area contributed by atoms with Crippen LogP contribution in [0.5, 0.6) is 11.5 Å². The minimum absolute atomic E-state index is 0.228. The van der Waals surface area contributed by atoms with Gasteiger partial charge in [0.25, 0.3) is 5.91 Å². The van der Waals surface area contributed by atoms with Gasteiger partial charge in [0, 0.05) is 18.0 Å². The Hall–Kier alpha value is -4.11. The van der Waals surface area contributed by atoms with E-state index in [1.807, 2.05) is 42.5 Å². The van der Waals surface area contributed by atoms with Crippen molar-refractivity contribution >= 4 is 40.6 Å². The van der Waals surface area contributed by atoms with Crippen molar-refractivity contribution in [3.8, 4) is 11.5 Å². The number of aliphatic carboxylic acids is 1. The number of benzene rings is 2. The Morgan fingerprint density at radius 2 is 1.97 bits per heavy atom. The van der Waals surface area contributed by atoms with E-state index >= 15 is 0 Å². The number of thioether (sulfide) groups is 1. The number of nitrogens with zero attached hydrogens (tertiary/aromatic N) is 3. The fourth-order valence-electron chi connectivity index (χ4n) is 3.32. The SMILES string of the molecule is COc1cccc(/C=C2\SC(=Nc3ccccc3)N(Cc3cccnc3)C2=O)c1O[C@@H](C)C(=O)O. The van der Waals surface area contributed by atoms with Crippen LogP contribution in [0.3, 0.4) is 0 Å². The lowest BCUT2D eigenvalue weighted by Crippen LogP contribution is -2.28. The van der Waals surface area contributed by atoms with Gasteiger partial charge in [0.2, 0.25) is 0 Å². The lowest BCUT2D eigenvalue weighted by molar-refractivity contribution is -0.144. The lowest BCUT2D eigenvalue weighted by atomic mass is 10.1. The van der Waals surface area contributed by atoms with E-state index in [1.165, 1.54) is 25.8 Å². The summed E-state index contributed by atoms with van der Waals surface area (Å²) in [6.45, 7) is 1.74. The summed E-state index contributed by atoms with van der Waals surface area (Å²) < 4.78 is 11.1. The van der Waals surface area contributed by atoms with Gasteiger partial charge < -0.3 is 14.6 Å². The van der Waals surface area contributed by atoms with E-state index in [0.717, 1.165) is 11.3 Å². The van der Waals surface area contributed by atoms with Crippen molar-refractivity contribution in [3.63, 3.8) is 0 Å². The number of carbonyl (C=O) groups excluding carboxylic acids is 1. The molecular weight excluding hydrogens is 466 g/mol. The Balaban J connectivity index is 1.74. The molecule has 9 heteroatoms. The van der Waals surface area contributed by atoms with E-state index in [-0.39, 0.29) is 11.7 Å². The van der Waals surface area contributed by atoms with E-state index in [4.69, 9.17) is 14.5 Å². The van der Waals surface area contributed by atoms with Crippen molar-refractivity contribution in [1.29, 1.82) is 0 Å². The summed E-state index contributed by atoms with van der Waals surface area (Å²) in [5, 5.41) is 9.84. The molecular formula is C26H23N3O5S. The normalized spacial score (nSPS) is 16.5. The van der Waals surface area contributed by atoms with Crippen molar-refractivity contribution < 1.29 is 24.2 Å². The number of methoxy groups -OCH3 is 1. The van der Waals surface area contributed by atoms with Gasteiger partial charge in [-0.15, -0.1) is 0 Å².